The number of nitrogens with zero attached hydrogens (tertiary/aromatic N) is 3. The third-order valence-corrected chi connectivity index (χ3v) is 4.85. The van der Waals surface area contributed by atoms with Gasteiger partial charge in [-0.15, -0.1) is 11.3 Å². The van der Waals surface area contributed by atoms with Gasteiger partial charge in [-0.3, -0.25) is 14.0 Å². The van der Waals surface area contributed by atoms with Gasteiger partial charge in [0.25, 0.3) is 0 Å². The Labute approximate surface area is 152 Å². The lowest BCUT2D eigenvalue weighted by molar-refractivity contribution is -0.121. The lowest BCUT2D eigenvalue weighted by Gasteiger charge is -2.06. The average Bonchev–Trinajstić information content (AvgIpc) is 3.36. The van der Waals surface area contributed by atoms with Crippen molar-refractivity contribution in [2.45, 2.75) is 13.1 Å². The molecule has 0 spiro atoms. The Morgan fingerprint density at radius 3 is 2.92 bits per heavy atom. The van der Waals surface area contributed by atoms with Crippen LogP contribution in [-0.2, 0) is 17.9 Å². The van der Waals surface area contributed by atoms with Crippen molar-refractivity contribution in [1.29, 1.82) is 0 Å². The number of nitrogens with one attached hydrogen (secondary N) is 1. The maximum absolute atomic E-state index is 12.1. The summed E-state index contributed by atoms with van der Waals surface area (Å²) in [6, 6.07) is 13.0. The highest BCUT2D eigenvalue weighted by atomic mass is 32.1. The van der Waals surface area contributed by atoms with E-state index in [4.69, 9.17) is 4.42 Å². The van der Waals surface area contributed by atoms with Crippen LogP contribution < -0.4 is 11.1 Å². The van der Waals surface area contributed by atoms with E-state index in [-0.39, 0.29) is 12.5 Å². The summed E-state index contributed by atoms with van der Waals surface area (Å²) in [6.07, 6.45) is 1.88. The van der Waals surface area contributed by atoms with Gasteiger partial charge < -0.3 is 9.73 Å². The highest BCUT2D eigenvalue weighted by molar-refractivity contribution is 7.13. The van der Waals surface area contributed by atoms with E-state index >= 15 is 0 Å². The predicted molar refractivity (Wildman–Crippen MR) is 99.0 cm³/mol. The zero-order valence-electron chi connectivity index (χ0n) is 13.8. The second-order valence-electron chi connectivity index (χ2n) is 5.71. The number of fused-ring (bicyclic) bond motifs is 1. The van der Waals surface area contributed by atoms with Crippen LogP contribution in [0.25, 0.3) is 21.7 Å². The Morgan fingerprint density at radius 1 is 1.19 bits per heavy atom. The smallest absolute Gasteiger partial charge is 0.408 e. The SMILES string of the molecule is O=C(Cn1c(=O)oc2ccccc21)NCCn1ccc(-c2cccs2)n1. The van der Waals surface area contributed by atoms with Crippen LogP contribution >= 0.6 is 11.3 Å². The minimum absolute atomic E-state index is 0.0740. The largest absolute Gasteiger partial charge is 0.420 e. The molecule has 1 amide bonds. The molecule has 0 radical (unpaired) electrons. The Balaban J connectivity index is 1.34. The van der Waals surface area contributed by atoms with Gasteiger partial charge in [-0.2, -0.15) is 5.10 Å². The first kappa shape index (κ1) is 16.3. The van der Waals surface area contributed by atoms with Crippen LogP contribution in [0.1, 0.15) is 0 Å². The van der Waals surface area contributed by atoms with E-state index in [1.54, 1.807) is 40.3 Å². The van der Waals surface area contributed by atoms with E-state index in [9.17, 15) is 9.59 Å². The molecular weight excluding hydrogens is 352 g/mol. The fourth-order valence-corrected chi connectivity index (χ4v) is 3.41. The van der Waals surface area contributed by atoms with Crippen LogP contribution in [0.15, 0.2) is 63.3 Å². The van der Waals surface area contributed by atoms with Gasteiger partial charge in [0.15, 0.2) is 5.58 Å². The molecule has 1 aromatic carbocycles. The van der Waals surface area contributed by atoms with Crippen molar-refractivity contribution in [1.82, 2.24) is 19.7 Å². The molecule has 3 heterocycles. The zero-order chi connectivity index (χ0) is 17.9. The number of benzene rings is 1. The standard InChI is InChI=1S/C18H16N4O3S/c23-17(12-22-14-4-1-2-5-15(14)25-18(22)24)19-8-10-21-9-7-13(20-21)16-6-3-11-26-16/h1-7,9,11H,8,10,12H2,(H,19,23). The molecule has 8 heteroatoms. The molecule has 7 nitrogen and oxygen atoms in total. The zero-order valence-corrected chi connectivity index (χ0v) is 14.6. The highest BCUT2D eigenvalue weighted by Gasteiger charge is 2.12. The fraction of sp³-hybridized carbons (Fsp3) is 0.167. The van der Waals surface area contributed by atoms with Crippen LogP contribution in [0.2, 0.25) is 0 Å². The fourth-order valence-electron chi connectivity index (χ4n) is 2.72. The van der Waals surface area contributed by atoms with Gasteiger partial charge in [0.2, 0.25) is 5.91 Å². The monoisotopic (exact) mass is 368 g/mol. The quantitative estimate of drug-likeness (QED) is 0.566. The van der Waals surface area contributed by atoms with Crippen molar-refractivity contribution in [2.24, 2.45) is 0 Å². The number of aromatic nitrogens is 3. The van der Waals surface area contributed by atoms with Gasteiger partial charge >= 0.3 is 5.76 Å². The van der Waals surface area contributed by atoms with Gasteiger partial charge in [0.05, 0.1) is 16.9 Å². The van der Waals surface area contributed by atoms with Crippen LogP contribution in [0.3, 0.4) is 0 Å². The first-order chi connectivity index (χ1) is 12.7. The number of carbonyl (C=O) groups excluding carboxylic acids is 1. The van der Waals surface area contributed by atoms with E-state index < -0.39 is 5.76 Å². The molecule has 3 aromatic heterocycles. The predicted octanol–water partition coefficient (Wildman–Crippen LogP) is 2.34. The number of amides is 1. The van der Waals surface area contributed by atoms with Crippen LogP contribution in [0, 0.1) is 0 Å². The maximum atomic E-state index is 12.1. The molecule has 0 fully saturated rings. The van der Waals surface area contributed by atoms with E-state index in [1.165, 1.54) is 4.57 Å². The first-order valence-electron chi connectivity index (χ1n) is 8.13. The molecular formula is C18H16N4O3S. The first-order valence-corrected chi connectivity index (χ1v) is 9.01. The summed E-state index contributed by atoms with van der Waals surface area (Å²) >= 11 is 1.64. The van der Waals surface area contributed by atoms with Crippen molar-refractivity contribution in [3.05, 3.63) is 64.6 Å². The minimum atomic E-state index is -0.533. The van der Waals surface area contributed by atoms with E-state index in [1.807, 2.05) is 29.8 Å². The summed E-state index contributed by atoms with van der Waals surface area (Å²) in [5.74, 6) is -0.779. The lowest BCUT2D eigenvalue weighted by Crippen LogP contribution is -2.32. The van der Waals surface area contributed by atoms with Crippen molar-refractivity contribution >= 4 is 28.3 Å². The second-order valence-corrected chi connectivity index (χ2v) is 6.66. The van der Waals surface area contributed by atoms with Gasteiger partial charge in [-0.25, -0.2) is 4.79 Å². The lowest BCUT2D eigenvalue weighted by atomic mass is 10.3. The molecule has 4 rings (SSSR count). The number of carbonyl (C=O) groups is 1. The van der Waals surface area contributed by atoms with Crippen LogP contribution in [0.5, 0.6) is 0 Å². The summed E-state index contributed by atoms with van der Waals surface area (Å²) in [5, 5.41) is 9.30. The highest BCUT2D eigenvalue weighted by Crippen LogP contribution is 2.22. The molecule has 0 atom stereocenters. The van der Waals surface area contributed by atoms with Crippen molar-refractivity contribution < 1.29 is 9.21 Å². The van der Waals surface area contributed by atoms with Crippen molar-refractivity contribution in [3.8, 4) is 10.6 Å². The minimum Gasteiger partial charge on any atom is -0.408 e. The van der Waals surface area contributed by atoms with E-state index in [2.05, 4.69) is 10.4 Å². The molecule has 0 aliphatic heterocycles. The summed E-state index contributed by atoms with van der Waals surface area (Å²) in [6.45, 7) is 0.905. The van der Waals surface area contributed by atoms with E-state index in [0.29, 0.717) is 24.2 Å². The number of para-hydroxylation sites is 2. The number of thiophene rings is 1. The van der Waals surface area contributed by atoms with Gasteiger partial charge in [0, 0.05) is 12.7 Å². The Bertz CT molecular complexity index is 1090. The Kier molecular flexibility index (Phi) is 4.40. The van der Waals surface area contributed by atoms with Crippen LogP contribution in [-0.4, -0.2) is 26.8 Å². The summed E-state index contributed by atoms with van der Waals surface area (Å²) in [5.41, 5.74) is 2.01. The molecule has 0 aliphatic rings. The Hall–Kier alpha value is -3.13. The maximum Gasteiger partial charge on any atom is 0.420 e. The van der Waals surface area contributed by atoms with E-state index in [0.717, 1.165) is 10.6 Å². The molecule has 26 heavy (non-hydrogen) atoms. The summed E-state index contributed by atoms with van der Waals surface area (Å²) in [4.78, 5) is 25.1. The molecule has 0 aliphatic carbocycles. The van der Waals surface area contributed by atoms with Gasteiger partial charge in [-0.05, 0) is 29.6 Å². The summed E-state index contributed by atoms with van der Waals surface area (Å²) < 4.78 is 8.24. The number of oxazole rings is 1. The molecule has 132 valence electrons. The van der Waals surface area contributed by atoms with Crippen molar-refractivity contribution in [3.63, 3.8) is 0 Å². The average molecular weight is 368 g/mol. The number of hydrogen-bond donors (Lipinski definition) is 1. The molecule has 0 unspecified atom stereocenters. The Morgan fingerprint density at radius 2 is 2.08 bits per heavy atom. The molecule has 0 saturated carbocycles. The van der Waals surface area contributed by atoms with Crippen LogP contribution in [0.4, 0.5) is 0 Å². The number of rotatable bonds is 6. The van der Waals surface area contributed by atoms with Crippen molar-refractivity contribution in [2.75, 3.05) is 6.54 Å². The normalized spacial score (nSPS) is 11.1. The second kappa shape index (κ2) is 7.01. The van der Waals surface area contributed by atoms with Gasteiger partial charge in [-0.1, -0.05) is 18.2 Å². The molecule has 0 saturated heterocycles. The topological polar surface area (TPSA) is 82.1 Å². The number of hydrogen-bond acceptors (Lipinski definition) is 5. The molecule has 1 N–H and O–H groups in total. The third-order valence-electron chi connectivity index (χ3n) is 3.95. The van der Waals surface area contributed by atoms with Gasteiger partial charge in [0.1, 0.15) is 12.2 Å². The third kappa shape index (κ3) is 3.31. The molecule has 4 aromatic rings. The molecule has 0 bridgehead atoms. The summed E-state index contributed by atoms with van der Waals surface area (Å²) in [7, 11) is 0.